The lowest BCUT2D eigenvalue weighted by Crippen LogP contribution is -2.05. The second-order valence-electron chi connectivity index (χ2n) is 6.51. The molecule has 0 aromatic heterocycles. The van der Waals surface area contributed by atoms with Crippen molar-refractivity contribution in [1.29, 1.82) is 0 Å². The molecule has 1 aliphatic rings. The Morgan fingerprint density at radius 1 is 0.720 bits per heavy atom. The Hall–Kier alpha value is -0.260. The average molecular weight is 357 g/mol. The molecule has 1 saturated carbocycles. The largest absolute Gasteiger partial charge is 0.106 e. The van der Waals surface area contributed by atoms with E-state index in [0.717, 1.165) is 11.8 Å². The minimum atomic E-state index is 1.04. The molecule has 0 N–H and O–H groups in total. The van der Waals surface area contributed by atoms with E-state index in [4.69, 9.17) is 0 Å². The van der Waals surface area contributed by atoms with Gasteiger partial charge in [-0.2, -0.15) is 0 Å². The lowest BCUT2D eigenvalue weighted by atomic mass is 9.88. The third kappa shape index (κ3) is 28.8. The average Bonchev–Trinajstić information content (AvgIpc) is 3.21. The van der Waals surface area contributed by atoms with E-state index in [0.29, 0.717) is 0 Å². The first-order valence-electron chi connectivity index (χ1n) is 11.8. The van der Waals surface area contributed by atoms with Gasteiger partial charge in [-0.3, -0.25) is 0 Å². The van der Waals surface area contributed by atoms with Crippen molar-refractivity contribution in [2.45, 2.75) is 139 Å². The third-order valence-electron chi connectivity index (χ3n) is 4.64. The van der Waals surface area contributed by atoms with Crippen molar-refractivity contribution in [2.24, 2.45) is 11.8 Å². The second-order valence-corrected chi connectivity index (χ2v) is 6.51. The Morgan fingerprint density at radius 3 is 1.44 bits per heavy atom. The zero-order valence-corrected chi connectivity index (χ0v) is 19.8. The maximum absolute atomic E-state index is 3.00. The molecule has 0 heterocycles. The SMILES string of the molecule is C=C.CC.CC.CCCCC(CC)CC1CCCC1.CCCCCC. The van der Waals surface area contributed by atoms with Crippen molar-refractivity contribution in [3.63, 3.8) is 0 Å². The van der Waals surface area contributed by atoms with E-state index in [9.17, 15) is 0 Å². The molecule has 25 heavy (non-hydrogen) atoms. The van der Waals surface area contributed by atoms with E-state index >= 15 is 0 Å². The van der Waals surface area contributed by atoms with Gasteiger partial charge in [0.05, 0.1) is 0 Å². The molecular weight excluding hydrogens is 300 g/mol. The van der Waals surface area contributed by atoms with Crippen LogP contribution < -0.4 is 0 Å². The van der Waals surface area contributed by atoms with Crippen molar-refractivity contribution in [1.82, 2.24) is 0 Å². The normalized spacial score (nSPS) is 13.6. The van der Waals surface area contributed by atoms with Crippen LogP contribution in [-0.2, 0) is 0 Å². The summed E-state index contributed by atoms with van der Waals surface area (Å²) in [7, 11) is 0. The van der Waals surface area contributed by atoms with Crippen LogP contribution >= 0.6 is 0 Å². The summed E-state index contributed by atoms with van der Waals surface area (Å²) in [6.45, 7) is 23.1. The molecular formula is C25H56. The van der Waals surface area contributed by atoms with Gasteiger partial charge in [0.25, 0.3) is 0 Å². The summed E-state index contributed by atoms with van der Waals surface area (Å²) in [5.41, 5.74) is 0. The summed E-state index contributed by atoms with van der Waals surface area (Å²) < 4.78 is 0. The van der Waals surface area contributed by atoms with Crippen LogP contribution in [0, 0.1) is 11.8 Å². The minimum absolute atomic E-state index is 1.04. The van der Waals surface area contributed by atoms with E-state index in [2.05, 4.69) is 40.9 Å². The number of rotatable bonds is 9. The first-order valence-corrected chi connectivity index (χ1v) is 11.8. The van der Waals surface area contributed by atoms with Crippen LogP contribution in [0.3, 0.4) is 0 Å². The zero-order valence-electron chi connectivity index (χ0n) is 19.8. The molecule has 0 saturated heterocycles. The molecule has 0 nitrogen and oxygen atoms in total. The van der Waals surface area contributed by atoms with Gasteiger partial charge in [-0.05, 0) is 18.3 Å². The van der Waals surface area contributed by atoms with Gasteiger partial charge in [-0.1, -0.05) is 132 Å². The number of unbranched alkanes of at least 4 members (excludes halogenated alkanes) is 4. The van der Waals surface area contributed by atoms with Crippen LogP contribution in [0.25, 0.3) is 0 Å². The van der Waals surface area contributed by atoms with Crippen LogP contribution in [0.4, 0.5) is 0 Å². The van der Waals surface area contributed by atoms with Gasteiger partial charge in [0.1, 0.15) is 0 Å². The summed E-state index contributed by atoms with van der Waals surface area (Å²) in [6.07, 6.45) is 18.9. The summed E-state index contributed by atoms with van der Waals surface area (Å²) in [5, 5.41) is 0. The highest BCUT2D eigenvalue weighted by Crippen LogP contribution is 2.32. The van der Waals surface area contributed by atoms with Gasteiger partial charge < -0.3 is 0 Å². The second kappa shape index (κ2) is 35.0. The van der Waals surface area contributed by atoms with E-state index in [-0.39, 0.29) is 0 Å². The molecule has 0 aromatic rings. The Balaban J connectivity index is -0.000000155. The van der Waals surface area contributed by atoms with E-state index in [1.54, 1.807) is 0 Å². The van der Waals surface area contributed by atoms with Crippen LogP contribution in [-0.4, -0.2) is 0 Å². The Morgan fingerprint density at radius 2 is 1.12 bits per heavy atom. The molecule has 1 atom stereocenters. The van der Waals surface area contributed by atoms with Crippen molar-refractivity contribution in [3.05, 3.63) is 13.2 Å². The van der Waals surface area contributed by atoms with Gasteiger partial charge in [-0.25, -0.2) is 0 Å². The van der Waals surface area contributed by atoms with Gasteiger partial charge in [-0.15, -0.1) is 13.2 Å². The monoisotopic (exact) mass is 356 g/mol. The fraction of sp³-hybridized carbons (Fsp3) is 0.920. The minimum Gasteiger partial charge on any atom is -0.106 e. The predicted molar refractivity (Wildman–Crippen MR) is 124 cm³/mol. The van der Waals surface area contributed by atoms with Crippen molar-refractivity contribution in [2.75, 3.05) is 0 Å². The van der Waals surface area contributed by atoms with Crippen molar-refractivity contribution in [3.8, 4) is 0 Å². The molecule has 0 radical (unpaired) electrons. The Kier molecular flexibility index (Phi) is 45.3. The number of hydrogen-bond acceptors (Lipinski definition) is 0. The molecule has 1 unspecified atom stereocenters. The molecule has 0 bridgehead atoms. The fourth-order valence-corrected chi connectivity index (χ4v) is 3.20. The molecule has 0 amide bonds. The van der Waals surface area contributed by atoms with Gasteiger partial charge in [0, 0.05) is 0 Å². The first kappa shape index (κ1) is 32.4. The molecule has 1 fully saturated rings. The van der Waals surface area contributed by atoms with Gasteiger partial charge >= 0.3 is 0 Å². The summed E-state index contributed by atoms with van der Waals surface area (Å²) in [6, 6.07) is 0. The van der Waals surface area contributed by atoms with Crippen molar-refractivity contribution < 1.29 is 0 Å². The smallest absolute Gasteiger partial charge is 0.0412 e. The molecule has 156 valence electrons. The third-order valence-corrected chi connectivity index (χ3v) is 4.64. The van der Waals surface area contributed by atoms with Gasteiger partial charge in [0.15, 0.2) is 0 Å². The molecule has 0 heteroatoms. The Labute approximate surface area is 164 Å². The van der Waals surface area contributed by atoms with Gasteiger partial charge in [0.2, 0.25) is 0 Å². The quantitative estimate of drug-likeness (QED) is 0.284. The van der Waals surface area contributed by atoms with Crippen LogP contribution in [0.5, 0.6) is 0 Å². The standard InChI is InChI=1S/C13H26.C6H14.2C2H6.C2H4/c1-3-5-8-12(4-2)11-13-9-6-7-10-13;1-3-5-6-4-2;3*1-2/h12-13H,3-11H2,1-2H3;3-6H2,1-2H3;2*1-2H3;1-2H2. The van der Waals surface area contributed by atoms with E-state index in [1.165, 1.54) is 83.5 Å². The molecule has 0 aliphatic heterocycles. The lowest BCUT2D eigenvalue weighted by molar-refractivity contribution is 0.341. The summed E-state index contributed by atoms with van der Waals surface area (Å²) in [5.74, 6) is 2.14. The highest BCUT2D eigenvalue weighted by molar-refractivity contribution is 4.71. The molecule has 1 aliphatic carbocycles. The van der Waals surface area contributed by atoms with Crippen LogP contribution in [0.1, 0.15) is 139 Å². The highest BCUT2D eigenvalue weighted by atomic mass is 14.2. The zero-order chi connectivity index (χ0) is 20.3. The maximum Gasteiger partial charge on any atom is -0.0412 e. The fourth-order valence-electron chi connectivity index (χ4n) is 3.20. The molecule has 0 spiro atoms. The first-order chi connectivity index (χ1) is 12.3. The summed E-state index contributed by atoms with van der Waals surface area (Å²) in [4.78, 5) is 0. The van der Waals surface area contributed by atoms with Crippen LogP contribution in [0.2, 0.25) is 0 Å². The van der Waals surface area contributed by atoms with Crippen LogP contribution in [0.15, 0.2) is 13.2 Å². The van der Waals surface area contributed by atoms with E-state index in [1.807, 2.05) is 27.7 Å². The maximum atomic E-state index is 3.00. The Bertz CT molecular complexity index is 163. The lowest BCUT2D eigenvalue weighted by Gasteiger charge is -2.18. The summed E-state index contributed by atoms with van der Waals surface area (Å²) >= 11 is 0. The van der Waals surface area contributed by atoms with Crippen molar-refractivity contribution >= 4 is 0 Å². The molecule has 0 aromatic carbocycles. The van der Waals surface area contributed by atoms with E-state index < -0.39 is 0 Å². The number of hydrogen-bond donors (Lipinski definition) is 0. The molecule has 1 rings (SSSR count). The highest BCUT2D eigenvalue weighted by Gasteiger charge is 2.18. The predicted octanol–water partition coefficient (Wildman–Crippen LogP) is 10.2. The topological polar surface area (TPSA) is 0 Å².